The number of hydrogen-bond donors (Lipinski definition) is 1. The van der Waals surface area contributed by atoms with E-state index in [-0.39, 0.29) is 18.1 Å². The number of carbonyl (C=O) groups excluding carboxylic acids is 1. The summed E-state index contributed by atoms with van der Waals surface area (Å²) in [5.41, 5.74) is 5.73. The van der Waals surface area contributed by atoms with Crippen LogP contribution in [0, 0.1) is 5.92 Å². The highest BCUT2D eigenvalue weighted by Crippen LogP contribution is 2.35. The van der Waals surface area contributed by atoms with Gasteiger partial charge >= 0.3 is 0 Å². The van der Waals surface area contributed by atoms with E-state index in [4.69, 9.17) is 15.2 Å². The number of rotatable bonds is 2. The van der Waals surface area contributed by atoms with Crippen LogP contribution < -0.4 is 15.2 Å². The van der Waals surface area contributed by atoms with Crippen LogP contribution in [0.5, 0.6) is 11.5 Å². The van der Waals surface area contributed by atoms with Crippen molar-refractivity contribution in [3.63, 3.8) is 0 Å². The molecule has 5 nitrogen and oxygen atoms in total. The fourth-order valence-corrected chi connectivity index (χ4v) is 3.17. The van der Waals surface area contributed by atoms with Crippen LogP contribution in [0.25, 0.3) is 0 Å². The van der Waals surface area contributed by atoms with Crippen LogP contribution in [-0.2, 0) is 4.79 Å². The van der Waals surface area contributed by atoms with E-state index in [1.54, 1.807) is 0 Å². The molecule has 0 saturated carbocycles. The van der Waals surface area contributed by atoms with Crippen molar-refractivity contribution in [1.82, 2.24) is 4.90 Å². The van der Waals surface area contributed by atoms with Crippen molar-refractivity contribution >= 4 is 5.91 Å². The number of para-hydroxylation sites is 2. The van der Waals surface area contributed by atoms with Gasteiger partial charge in [-0.15, -0.1) is 0 Å². The van der Waals surface area contributed by atoms with E-state index >= 15 is 0 Å². The van der Waals surface area contributed by atoms with Gasteiger partial charge in [-0.05, 0) is 44.9 Å². The fourth-order valence-electron chi connectivity index (χ4n) is 3.17. The van der Waals surface area contributed by atoms with Crippen LogP contribution in [0.3, 0.4) is 0 Å². The van der Waals surface area contributed by atoms with Crippen molar-refractivity contribution in [3.05, 3.63) is 24.3 Å². The number of ether oxygens (including phenoxy) is 2. The molecule has 0 radical (unpaired) electrons. The van der Waals surface area contributed by atoms with E-state index in [2.05, 4.69) is 6.92 Å². The number of nitrogens with zero attached hydrogens (tertiary/aromatic N) is 1. The highest BCUT2D eigenvalue weighted by Gasteiger charge is 2.41. The maximum absolute atomic E-state index is 12.8. The second-order valence-electron chi connectivity index (χ2n) is 5.99. The summed E-state index contributed by atoms with van der Waals surface area (Å²) in [5.74, 6) is 1.72. The van der Waals surface area contributed by atoms with Crippen molar-refractivity contribution in [2.24, 2.45) is 11.7 Å². The maximum atomic E-state index is 12.8. The maximum Gasteiger partial charge on any atom is 0.267 e. The van der Waals surface area contributed by atoms with E-state index in [1.807, 2.05) is 36.1 Å². The molecular formula is C16H22N2O3. The molecule has 3 rings (SSSR count). The van der Waals surface area contributed by atoms with E-state index < -0.39 is 6.10 Å². The molecule has 2 N–H and O–H groups in total. The van der Waals surface area contributed by atoms with Crippen LogP contribution in [0.4, 0.5) is 0 Å². The number of amides is 1. The number of benzene rings is 1. The molecule has 21 heavy (non-hydrogen) atoms. The lowest BCUT2D eigenvalue weighted by Crippen LogP contribution is -2.51. The molecule has 0 aromatic heterocycles. The molecule has 1 saturated heterocycles. The number of hydrogen-bond acceptors (Lipinski definition) is 4. The third kappa shape index (κ3) is 2.58. The smallest absolute Gasteiger partial charge is 0.267 e. The van der Waals surface area contributed by atoms with Crippen LogP contribution in [0.15, 0.2) is 24.3 Å². The van der Waals surface area contributed by atoms with Crippen molar-refractivity contribution in [1.29, 1.82) is 0 Å². The summed E-state index contributed by atoms with van der Waals surface area (Å²) in [7, 11) is 0. The first-order valence-electron chi connectivity index (χ1n) is 7.53. The zero-order valence-electron chi connectivity index (χ0n) is 12.5. The molecule has 2 aliphatic heterocycles. The lowest BCUT2D eigenvalue weighted by molar-refractivity contribution is -0.145. The van der Waals surface area contributed by atoms with Gasteiger partial charge < -0.3 is 20.1 Å². The van der Waals surface area contributed by atoms with Gasteiger partial charge in [0.15, 0.2) is 11.5 Å². The van der Waals surface area contributed by atoms with E-state index in [9.17, 15) is 4.79 Å². The number of nitrogens with two attached hydrogens (primary N) is 1. The summed E-state index contributed by atoms with van der Waals surface area (Å²) in [6.07, 6.45) is 0.0799. The quantitative estimate of drug-likeness (QED) is 0.894. The molecule has 4 atom stereocenters. The summed E-state index contributed by atoms with van der Waals surface area (Å²) in [5, 5.41) is 0. The molecule has 2 aliphatic rings. The van der Waals surface area contributed by atoms with Gasteiger partial charge in [0, 0.05) is 12.6 Å². The van der Waals surface area contributed by atoms with Gasteiger partial charge in [0.25, 0.3) is 5.91 Å². The van der Waals surface area contributed by atoms with Crippen LogP contribution in [-0.4, -0.2) is 42.1 Å². The van der Waals surface area contributed by atoms with Crippen LogP contribution in [0.2, 0.25) is 0 Å². The zero-order chi connectivity index (χ0) is 15.0. The topological polar surface area (TPSA) is 64.8 Å². The highest BCUT2D eigenvalue weighted by atomic mass is 16.6. The van der Waals surface area contributed by atoms with Crippen molar-refractivity contribution < 1.29 is 14.3 Å². The molecule has 0 spiro atoms. The Balaban J connectivity index is 1.76. The molecule has 4 unspecified atom stereocenters. The van der Waals surface area contributed by atoms with Gasteiger partial charge in [-0.3, -0.25) is 4.79 Å². The molecule has 1 aromatic rings. The molecule has 1 fully saturated rings. The Bertz CT molecular complexity index is 534. The first-order valence-corrected chi connectivity index (χ1v) is 7.53. The number of likely N-dealkylation sites (tertiary alicyclic amines) is 1. The second kappa shape index (κ2) is 5.56. The van der Waals surface area contributed by atoms with Gasteiger partial charge in [0.05, 0.1) is 0 Å². The monoisotopic (exact) mass is 290 g/mol. The number of carbonyl (C=O) groups is 1. The molecule has 0 bridgehead atoms. The van der Waals surface area contributed by atoms with Gasteiger partial charge in [-0.1, -0.05) is 12.1 Å². The Morgan fingerprint density at radius 2 is 1.95 bits per heavy atom. The minimum atomic E-state index is -0.584. The molecule has 1 aromatic carbocycles. The standard InChI is InChI=1S/C16H22N2O3/c1-10-7-12(8-17)9-18(10)16(19)15-11(2)20-13-5-3-4-6-14(13)21-15/h3-6,10-12,15H,7-9,17H2,1-2H3. The third-order valence-electron chi connectivity index (χ3n) is 4.36. The average Bonchev–Trinajstić information content (AvgIpc) is 2.87. The summed E-state index contributed by atoms with van der Waals surface area (Å²) in [4.78, 5) is 14.7. The Morgan fingerprint density at radius 1 is 1.29 bits per heavy atom. The predicted molar refractivity (Wildman–Crippen MR) is 79.3 cm³/mol. The molecule has 2 heterocycles. The second-order valence-corrected chi connectivity index (χ2v) is 5.99. The molecule has 5 heteroatoms. The third-order valence-corrected chi connectivity index (χ3v) is 4.36. The lowest BCUT2D eigenvalue weighted by atomic mass is 10.1. The van der Waals surface area contributed by atoms with E-state index in [0.717, 1.165) is 6.42 Å². The van der Waals surface area contributed by atoms with E-state index in [1.165, 1.54) is 0 Å². The highest BCUT2D eigenvalue weighted by molar-refractivity contribution is 5.83. The molecule has 114 valence electrons. The number of fused-ring (bicyclic) bond motifs is 1. The van der Waals surface area contributed by atoms with Crippen LogP contribution in [0.1, 0.15) is 20.3 Å². The first-order chi connectivity index (χ1) is 10.1. The fraction of sp³-hybridized carbons (Fsp3) is 0.562. The van der Waals surface area contributed by atoms with E-state index in [0.29, 0.717) is 30.5 Å². The van der Waals surface area contributed by atoms with Crippen molar-refractivity contribution in [3.8, 4) is 11.5 Å². The molecule has 0 aliphatic carbocycles. The normalized spacial score (nSPS) is 31.3. The van der Waals surface area contributed by atoms with Gasteiger partial charge in [-0.25, -0.2) is 0 Å². The summed E-state index contributed by atoms with van der Waals surface area (Å²) >= 11 is 0. The Hall–Kier alpha value is -1.75. The first kappa shape index (κ1) is 14.2. The minimum absolute atomic E-state index is 0.000420. The predicted octanol–water partition coefficient (Wildman–Crippen LogP) is 1.41. The SMILES string of the molecule is CC1Oc2ccccc2OC1C(=O)N1CC(CN)CC1C. The zero-order valence-corrected chi connectivity index (χ0v) is 12.5. The van der Waals surface area contributed by atoms with Crippen LogP contribution >= 0.6 is 0 Å². The van der Waals surface area contributed by atoms with Crippen molar-refractivity contribution in [2.45, 2.75) is 38.5 Å². The Kier molecular flexibility index (Phi) is 3.76. The summed E-state index contributed by atoms with van der Waals surface area (Å²) in [6.45, 7) is 5.27. The Labute approximate surface area is 125 Å². The molecular weight excluding hydrogens is 268 g/mol. The van der Waals surface area contributed by atoms with Gasteiger partial charge in [-0.2, -0.15) is 0 Å². The molecule has 1 amide bonds. The minimum Gasteiger partial charge on any atom is -0.482 e. The van der Waals surface area contributed by atoms with Crippen molar-refractivity contribution in [2.75, 3.05) is 13.1 Å². The summed E-state index contributed by atoms with van der Waals surface area (Å²) in [6, 6.07) is 7.67. The largest absolute Gasteiger partial charge is 0.482 e. The summed E-state index contributed by atoms with van der Waals surface area (Å²) < 4.78 is 11.7. The average molecular weight is 290 g/mol. The lowest BCUT2D eigenvalue weighted by Gasteiger charge is -2.34. The van der Waals surface area contributed by atoms with Gasteiger partial charge in [0.1, 0.15) is 6.10 Å². The Morgan fingerprint density at radius 3 is 2.57 bits per heavy atom. The van der Waals surface area contributed by atoms with Gasteiger partial charge in [0.2, 0.25) is 6.10 Å².